The Hall–Kier alpha value is -2.73. The quantitative estimate of drug-likeness (QED) is 0.727. The second kappa shape index (κ2) is 5.64. The number of hydrogen-bond acceptors (Lipinski definition) is 6. The molecule has 0 unspecified atom stereocenters. The molecule has 6 nitrogen and oxygen atoms in total. The van der Waals surface area contributed by atoms with Crippen molar-refractivity contribution in [3.63, 3.8) is 0 Å². The number of carbonyl (C=O) groups excluding carboxylic acids is 1. The topological polar surface area (TPSA) is 96.2 Å². The van der Waals surface area contributed by atoms with Crippen molar-refractivity contribution in [1.82, 2.24) is 0 Å². The number of ketones is 1. The smallest absolute Gasteiger partial charge is 0.174 e. The number of aromatic hydroxyl groups is 2. The fourth-order valence-corrected chi connectivity index (χ4v) is 3.47. The first-order valence-corrected chi connectivity index (χ1v) is 8.51. The molecule has 2 aromatic rings. The van der Waals surface area contributed by atoms with Crippen molar-refractivity contribution in [2.24, 2.45) is 0 Å². The summed E-state index contributed by atoms with van der Waals surface area (Å²) in [4.78, 5) is 12.7. The lowest BCUT2D eigenvalue weighted by Gasteiger charge is -2.39. The minimum absolute atomic E-state index is 0.0824. The third-order valence-electron chi connectivity index (χ3n) is 5.07. The fraction of sp³-hybridized carbons (Fsp3) is 0.350. The number of phenols is 2. The van der Waals surface area contributed by atoms with Gasteiger partial charge < -0.3 is 24.8 Å². The van der Waals surface area contributed by atoms with E-state index in [2.05, 4.69) is 0 Å². The van der Waals surface area contributed by atoms with Gasteiger partial charge in [-0.15, -0.1) is 0 Å². The molecule has 0 saturated carbocycles. The number of Topliss-reactive ketones (excluding diaryl/α,β-unsaturated/α-hetero) is 1. The average Bonchev–Trinajstić information content (AvgIpc) is 2.56. The fourth-order valence-electron chi connectivity index (χ4n) is 3.47. The SMILES string of the molecule is CC1(C)Oc2cc(O)c3c(c2C[C@@H]1O)O[C@H](c1ccc(O)cc1)CC3=O. The van der Waals surface area contributed by atoms with Gasteiger partial charge >= 0.3 is 0 Å². The Morgan fingerprint density at radius 1 is 1.12 bits per heavy atom. The van der Waals surface area contributed by atoms with Crippen molar-refractivity contribution in [3.05, 3.63) is 47.0 Å². The normalized spacial score (nSPS) is 23.4. The minimum atomic E-state index is -0.803. The van der Waals surface area contributed by atoms with Crippen molar-refractivity contribution in [2.75, 3.05) is 0 Å². The van der Waals surface area contributed by atoms with Crippen molar-refractivity contribution in [3.8, 4) is 23.0 Å². The minimum Gasteiger partial charge on any atom is -0.508 e. The van der Waals surface area contributed by atoms with Crippen LogP contribution in [0.3, 0.4) is 0 Å². The van der Waals surface area contributed by atoms with E-state index < -0.39 is 17.8 Å². The molecule has 3 N–H and O–H groups in total. The monoisotopic (exact) mass is 356 g/mol. The van der Waals surface area contributed by atoms with Crippen LogP contribution in [-0.4, -0.2) is 32.8 Å². The predicted octanol–water partition coefficient (Wildman–Crippen LogP) is 2.88. The zero-order chi connectivity index (χ0) is 18.6. The number of carbonyl (C=O) groups is 1. The van der Waals surface area contributed by atoms with Crippen LogP contribution in [-0.2, 0) is 6.42 Å². The number of hydrogen-bond donors (Lipinski definition) is 3. The first kappa shape index (κ1) is 16.7. The summed E-state index contributed by atoms with van der Waals surface area (Å²) in [6, 6.07) is 7.88. The van der Waals surface area contributed by atoms with E-state index in [4.69, 9.17) is 9.47 Å². The van der Waals surface area contributed by atoms with E-state index in [1.165, 1.54) is 18.2 Å². The van der Waals surface area contributed by atoms with E-state index in [0.717, 1.165) is 5.56 Å². The Bertz CT molecular complexity index is 884. The molecule has 0 aromatic heterocycles. The molecule has 0 radical (unpaired) electrons. The maximum Gasteiger partial charge on any atom is 0.174 e. The summed E-state index contributed by atoms with van der Waals surface area (Å²) in [5, 5.41) is 30.2. The van der Waals surface area contributed by atoms with Gasteiger partial charge in [-0.05, 0) is 31.5 Å². The first-order valence-electron chi connectivity index (χ1n) is 8.51. The summed E-state index contributed by atoms with van der Waals surface area (Å²) in [6.07, 6.45) is -0.954. The highest BCUT2D eigenvalue weighted by molar-refractivity contribution is 6.03. The van der Waals surface area contributed by atoms with Crippen LogP contribution in [0.2, 0.25) is 0 Å². The van der Waals surface area contributed by atoms with E-state index in [-0.39, 0.29) is 41.4 Å². The highest BCUT2D eigenvalue weighted by Crippen LogP contribution is 2.48. The molecule has 0 fully saturated rings. The van der Waals surface area contributed by atoms with Crippen LogP contribution in [0.15, 0.2) is 30.3 Å². The van der Waals surface area contributed by atoms with Gasteiger partial charge in [-0.25, -0.2) is 0 Å². The molecule has 2 aliphatic heterocycles. The molecule has 0 spiro atoms. The molecule has 2 aromatic carbocycles. The van der Waals surface area contributed by atoms with Gasteiger partial charge in [0.2, 0.25) is 0 Å². The van der Waals surface area contributed by atoms with Crippen LogP contribution in [0.5, 0.6) is 23.0 Å². The number of rotatable bonds is 1. The van der Waals surface area contributed by atoms with Crippen LogP contribution in [0.25, 0.3) is 0 Å². The third-order valence-corrected chi connectivity index (χ3v) is 5.07. The van der Waals surface area contributed by atoms with Crippen LogP contribution in [0.4, 0.5) is 0 Å². The highest BCUT2D eigenvalue weighted by Gasteiger charge is 2.41. The third kappa shape index (κ3) is 2.57. The van der Waals surface area contributed by atoms with Crippen LogP contribution >= 0.6 is 0 Å². The molecule has 136 valence electrons. The summed E-state index contributed by atoms with van der Waals surface area (Å²) < 4.78 is 11.9. The zero-order valence-corrected chi connectivity index (χ0v) is 14.5. The van der Waals surface area contributed by atoms with Crippen molar-refractivity contribution in [1.29, 1.82) is 0 Å². The summed E-state index contributed by atoms with van der Waals surface area (Å²) in [5.41, 5.74) is 0.662. The second-order valence-corrected chi connectivity index (χ2v) is 7.33. The summed E-state index contributed by atoms with van der Waals surface area (Å²) in [7, 11) is 0. The molecule has 0 bridgehead atoms. The maximum absolute atomic E-state index is 12.7. The predicted molar refractivity (Wildman–Crippen MR) is 92.9 cm³/mol. The number of benzene rings is 2. The van der Waals surface area contributed by atoms with Gasteiger partial charge in [0.15, 0.2) is 5.78 Å². The van der Waals surface area contributed by atoms with Crippen molar-refractivity contribution in [2.45, 2.75) is 44.5 Å². The molecule has 2 aliphatic rings. The zero-order valence-electron chi connectivity index (χ0n) is 14.5. The van der Waals surface area contributed by atoms with Gasteiger partial charge in [0.05, 0.1) is 12.5 Å². The highest BCUT2D eigenvalue weighted by atomic mass is 16.5. The molecule has 0 saturated heterocycles. The lowest BCUT2D eigenvalue weighted by Crippen LogP contribution is -2.46. The van der Waals surface area contributed by atoms with Gasteiger partial charge in [0, 0.05) is 18.1 Å². The van der Waals surface area contributed by atoms with Crippen molar-refractivity contribution >= 4 is 5.78 Å². The van der Waals surface area contributed by atoms with E-state index >= 15 is 0 Å². The molecule has 2 atom stereocenters. The Morgan fingerprint density at radius 3 is 2.50 bits per heavy atom. The van der Waals surface area contributed by atoms with Gasteiger partial charge in [0.1, 0.15) is 40.3 Å². The Labute approximate surface area is 150 Å². The van der Waals surface area contributed by atoms with E-state index in [1.54, 1.807) is 26.0 Å². The molecule has 26 heavy (non-hydrogen) atoms. The van der Waals surface area contributed by atoms with Crippen molar-refractivity contribution < 1.29 is 29.6 Å². The lowest BCUT2D eigenvalue weighted by atomic mass is 9.87. The number of aliphatic hydroxyl groups excluding tert-OH is 1. The summed E-state index contributed by atoms with van der Waals surface area (Å²) >= 11 is 0. The Balaban J connectivity index is 1.80. The summed E-state index contributed by atoms with van der Waals surface area (Å²) in [5.74, 6) is 0.397. The molecule has 2 heterocycles. The molecular formula is C20H20O6. The van der Waals surface area contributed by atoms with Crippen LogP contribution in [0.1, 0.15) is 47.9 Å². The van der Waals surface area contributed by atoms with E-state index in [0.29, 0.717) is 11.3 Å². The molecule has 6 heteroatoms. The Morgan fingerprint density at radius 2 is 1.81 bits per heavy atom. The van der Waals surface area contributed by atoms with E-state index in [1.807, 2.05) is 0 Å². The number of fused-ring (bicyclic) bond motifs is 3. The number of aliphatic hydroxyl groups is 1. The number of ether oxygens (including phenoxy) is 2. The Kier molecular flexibility index (Phi) is 3.63. The lowest BCUT2D eigenvalue weighted by molar-refractivity contribution is -0.0423. The molecule has 4 rings (SSSR count). The summed E-state index contributed by atoms with van der Waals surface area (Å²) in [6.45, 7) is 3.53. The van der Waals surface area contributed by atoms with Gasteiger partial charge in [-0.3, -0.25) is 4.79 Å². The van der Waals surface area contributed by atoms with E-state index in [9.17, 15) is 20.1 Å². The van der Waals surface area contributed by atoms with Crippen LogP contribution in [0, 0.1) is 0 Å². The maximum atomic E-state index is 12.7. The van der Waals surface area contributed by atoms with Gasteiger partial charge in [-0.1, -0.05) is 12.1 Å². The molecule has 0 amide bonds. The number of phenolic OH excluding ortho intramolecular Hbond substituents is 2. The van der Waals surface area contributed by atoms with Crippen LogP contribution < -0.4 is 9.47 Å². The van der Waals surface area contributed by atoms with Gasteiger partial charge in [0.25, 0.3) is 0 Å². The first-order chi connectivity index (χ1) is 12.3. The molecular weight excluding hydrogens is 336 g/mol. The second-order valence-electron chi connectivity index (χ2n) is 7.33. The largest absolute Gasteiger partial charge is 0.508 e. The average molecular weight is 356 g/mol. The standard InChI is InChI=1S/C20H20O6/c1-20(2)17(24)7-12-16(26-20)9-14(23)18-13(22)8-15(25-19(12)18)10-3-5-11(21)6-4-10/h3-6,9,15,17,21,23-24H,7-8H2,1-2H3/t15-,17-/m0/s1. The van der Waals surface area contributed by atoms with Gasteiger partial charge in [-0.2, -0.15) is 0 Å². The molecule has 0 aliphatic carbocycles.